The smallest absolute Gasteiger partial charge is 0.219 e. The van der Waals surface area contributed by atoms with Crippen LogP contribution in [0.4, 0.5) is 5.13 Å². The fourth-order valence-corrected chi connectivity index (χ4v) is 6.00. The summed E-state index contributed by atoms with van der Waals surface area (Å²) in [6, 6.07) is 5.79. The van der Waals surface area contributed by atoms with E-state index in [0.717, 1.165) is 10.0 Å². The zero-order valence-electron chi connectivity index (χ0n) is 20.5. The van der Waals surface area contributed by atoms with E-state index in [1.54, 1.807) is 17.0 Å². The van der Waals surface area contributed by atoms with E-state index in [9.17, 15) is 10.1 Å². The lowest BCUT2D eigenvalue weighted by molar-refractivity contribution is -0.118. The minimum atomic E-state index is -0.684. The molecule has 0 amide bonds. The molecule has 11 heteroatoms. The first kappa shape index (κ1) is 24.9. The number of allylic oxidation sites excluding steroid dienone is 3. The Morgan fingerprint density at radius 1 is 1.17 bits per heavy atom. The van der Waals surface area contributed by atoms with Gasteiger partial charge in [-0.2, -0.15) is 5.26 Å². The lowest BCUT2D eigenvalue weighted by Gasteiger charge is -2.42. The number of rotatable bonds is 6. The van der Waals surface area contributed by atoms with Crippen molar-refractivity contribution in [3.63, 3.8) is 0 Å². The molecule has 2 heterocycles. The number of nitrogens with two attached hydrogens (primary N) is 1. The van der Waals surface area contributed by atoms with Crippen molar-refractivity contribution in [2.24, 2.45) is 11.1 Å². The van der Waals surface area contributed by atoms with Crippen molar-refractivity contribution in [3.8, 4) is 23.3 Å². The van der Waals surface area contributed by atoms with Crippen LogP contribution in [0.15, 0.2) is 39.1 Å². The maximum Gasteiger partial charge on any atom is 0.219 e. The van der Waals surface area contributed by atoms with Crippen LogP contribution in [0.5, 0.6) is 17.2 Å². The SMILES string of the molecule is COc1cc(C2C(C#N)=C(N)N(c3nnc(SC)s3)C3=C2C(=O)CC(C)(C)C3)cc(OC)c1OC. The van der Waals surface area contributed by atoms with Crippen LogP contribution in [0.1, 0.15) is 38.2 Å². The number of thioether (sulfide) groups is 1. The van der Waals surface area contributed by atoms with E-state index >= 15 is 0 Å². The third-order valence-corrected chi connectivity index (χ3v) is 8.05. The normalized spacial score (nSPS) is 19.4. The molecule has 35 heavy (non-hydrogen) atoms. The second kappa shape index (κ2) is 9.43. The fourth-order valence-electron chi connectivity index (χ4n) is 4.70. The fraction of sp³-hybridized carbons (Fsp3) is 0.417. The lowest BCUT2D eigenvalue weighted by atomic mass is 9.68. The van der Waals surface area contributed by atoms with Crippen LogP contribution in [-0.4, -0.2) is 43.6 Å². The summed E-state index contributed by atoms with van der Waals surface area (Å²) in [4.78, 5) is 15.4. The van der Waals surface area contributed by atoms with Gasteiger partial charge in [0, 0.05) is 17.7 Å². The summed E-state index contributed by atoms with van der Waals surface area (Å²) in [5, 5.41) is 19.3. The van der Waals surface area contributed by atoms with Crippen molar-refractivity contribution in [2.75, 3.05) is 32.5 Å². The summed E-state index contributed by atoms with van der Waals surface area (Å²) < 4.78 is 17.3. The van der Waals surface area contributed by atoms with Crippen LogP contribution in [-0.2, 0) is 4.79 Å². The Labute approximate surface area is 212 Å². The van der Waals surface area contributed by atoms with Gasteiger partial charge >= 0.3 is 0 Å². The topological polar surface area (TPSA) is 124 Å². The molecule has 184 valence electrons. The summed E-state index contributed by atoms with van der Waals surface area (Å²) in [5.74, 6) is 0.806. The molecule has 2 N–H and O–H groups in total. The number of Topliss-reactive ketones (excluding diaryl/α,β-unsaturated/α-hetero) is 1. The van der Waals surface area contributed by atoms with Gasteiger partial charge in [0.05, 0.1) is 38.9 Å². The summed E-state index contributed by atoms with van der Waals surface area (Å²) in [6.45, 7) is 4.10. The summed E-state index contributed by atoms with van der Waals surface area (Å²) in [7, 11) is 4.57. The number of nitrogens with zero attached hydrogens (tertiary/aromatic N) is 4. The minimum Gasteiger partial charge on any atom is -0.493 e. The van der Waals surface area contributed by atoms with Gasteiger partial charge in [-0.25, -0.2) is 0 Å². The monoisotopic (exact) mass is 513 g/mol. The molecule has 1 aromatic carbocycles. The maximum atomic E-state index is 13.7. The van der Waals surface area contributed by atoms with Crippen LogP contribution in [0.2, 0.25) is 0 Å². The second-order valence-electron chi connectivity index (χ2n) is 8.99. The largest absolute Gasteiger partial charge is 0.493 e. The molecular formula is C24H27N5O4S2. The van der Waals surface area contributed by atoms with E-state index in [1.165, 1.54) is 44.4 Å². The second-order valence-corrected chi connectivity index (χ2v) is 11.0. The minimum absolute atomic E-state index is 0.0325. The highest BCUT2D eigenvalue weighted by Gasteiger charge is 2.45. The van der Waals surface area contributed by atoms with Crippen molar-refractivity contribution < 1.29 is 19.0 Å². The number of nitriles is 1. The molecule has 2 aliphatic rings. The van der Waals surface area contributed by atoms with Gasteiger partial charge in [-0.3, -0.25) is 9.69 Å². The first-order valence-corrected chi connectivity index (χ1v) is 12.9. The molecule has 1 atom stereocenters. The predicted octanol–water partition coefficient (Wildman–Crippen LogP) is 4.23. The molecule has 0 spiro atoms. The number of hydrogen-bond donors (Lipinski definition) is 1. The number of carbonyl (C=O) groups excluding carboxylic acids is 1. The molecule has 9 nitrogen and oxygen atoms in total. The molecule has 4 rings (SSSR count). The number of hydrogen-bond acceptors (Lipinski definition) is 11. The Morgan fingerprint density at radius 2 is 1.83 bits per heavy atom. The molecule has 2 aromatic rings. The van der Waals surface area contributed by atoms with Gasteiger partial charge in [0.25, 0.3) is 0 Å². The quantitative estimate of drug-likeness (QED) is 0.561. The third-order valence-electron chi connectivity index (χ3n) is 6.16. The summed E-state index contributed by atoms with van der Waals surface area (Å²) in [5.41, 5.74) is 8.56. The van der Waals surface area contributed by atoms with Crippen molar-refractivity contribution >= 4 is 34.0 Å². The van der Waals surface area contributed by atoms with Gasteiger partial charge in [0.1, 0.15) is 5.82 Å². The molecule has 0 bridgehead atoms. The highest BCUT2D eigenvalue weighted by molar-refractivity contribution is 8.00. The molecule has 1 aliphatic heterocycles. The van der Waals surface area contributed by atoms with Gasteiger partial charge in [0.2, 0.25) is 10.9 Å². The maximum absolute atomic E-state index is 13.7. The lowest BCUT2D eigenvalue weighted by Crippen LogP contribution is -2.42. The van der Waals surface area contributed by atoms with Crippen molar-refractivity contribution in [1.29, 1.82) is 5.26 Å². The van der Waals surface area contributed by atoms with Gasteiger partial charge in [-0.05, 0) is 35.8 Å². The first-order valence-electron chi connectivity index (χ1n) is 10.8. The van der Waals surface area contributed by atoms with Crippen LogP contribution in [0.3, 0.4) is 0 Å². The number of anilines is 1. The van der Waals surface area contributed by atoms with Gasteiger partial charge < -0.3 is 19.9 Å². The Kier molecular flexibility index (Phi) is 6.71. The highest BCUT2D eigenvalue weighted by Crippen LogP contribution is 2.52. The molecule has 1 aromatic heterocycles. The molecule has 0 saturated carbocycles. The van der Waals surface area contributed by atoms with E-state index in [-0.39, 0.29) is 22.6 Å². The van der Waals surface area contributed by atoms with Crippen molar-refractivity contribution in [2.45, 2.75) is 36.9 Å². The van der Waals surface area contributed by atoms with Crippen LogP contribution in [0.25, 0.3) is 0 Å². The number of ketones is 1. The molecule has 1 unspecified atom stereocenters. The Hall–Kier alpha value is -3.23. The van der Waals surface area contributed by atoms with Crippen molar-refractivity contribution in [1.82, 2.24) is 10.2 Å². The number of carbonyl (C=O) groups is 1. The van der Waals surface area contributed by atoms with E-state index in [4.69, 9.17) is 19.9 Å². The Balaban J connectivity index is 2.01. The van der Waals surface area contributed by atoms with Crippen LogP contribution >= 0.6 is 23.1 Å². The number of benzene rings is 1. The van der Waals surface area contributed by atoms with Crippen molar-refractivity contribution in [3.05, 3.63) is 40.4 Å². The summed E-state index contributed by atoms with van der Waals surface area (Å²) >= 11 is 2.84. The number of aromatic nitrogens is 2. The van der Waals surface area contributed by atoms with Gasteiger partial charge in [-0.15, -0.1) is 10.2 Å². The van der Waals surface area contributed by atoms with E-state index in [0.29, 0.717) is 46.4 Å². The predicted molar refractivity (Wildman–Crippen MR) is 135 cm³/mol. The van der Waals surface area contributed by atoms with Gasteiger partial charge in [-0.1, -0.05) is 36.9 Å². The Bertz CT molecular complexity index is 1270. The molecule has 0 radical (unpaired) electrons. The van der Waals surface area contributed by atoms with Gasteiger partial charge in [0.15, 0.2) is 21.6 Å². The van der Waals surface area contributed by atoms with E-state index in [2.05, 4.69) is 30.1 Å². The zero-order chi connectivity index (χ0) is 25.5. The number of ether oxygens (including phenoxy) is 3. The third kappa shape index (κ3) is 4.21. The average Bonchev–Trinajstić information content (AvgIpc) is 3.30. The molecule has 1 aliphatic carbocycles. The average molecular weight is 514 g/mol. The standard InChI is InChI=1S/C24H27N5O4S2/c1-24(2)9-14-19(15(30)10-24)18(12-7-16(31-3)20(33-5)17(8-12)32-4)13(11-25)21(26)29(14)22-27-28-23(34-6)35-22/h7-8,18H,9-10,26H2,1-6H3. The Morgan fingerprint density at radius 3 is 2.34 bits per heavy atom. The molecular weight excluding hydrogens is 486 g/mol. The van der Waals surface area contributed by atoms with E-state index < -0.39 is 5.92 Å². The van der Waals surface area contributed by atoms with Crippen LogP contribution in [0, 0.1) is 16.7 Å². The zero-order valence-corrected chi connectivity index (χ0v) is 22.1. The highest BCUT2D eigenvalue weighted by atomic mass is 32.2. The molecule has 0 saturated heterocycles. The first-order chi connectivity index (χ1) is 16.7. The summed E-state index contributed by atoms with van der Waals surface area (Å²) in [6.07, 6.45) is 2.85. The molecule has 0 fully saturated rings. The van der Waals surface area contributed by atoms with Crippen LogP contribution < -0.4 is 24.8 Å². The number of methoxy groups -OCH3 is 3. The van der Waals surface area contributed by atoms with E-state index in [1.807, 2.05) is 6.26 Å².